The van der Waals surface area contributed by atoms with Crippen molar-refractivity contribution in [1.29, 1.82) is 0 Å². The highest BCUT2D eigenvalue weighted by Crippen LogP contribution is 2.48. The molecule has 0 unspecified atom stereocenters. The zero-order valence-corrected chi connectivity index (χ0v) is 31.7. The van der Waals surface area contributed by atoms with Crippen LogP contribution in [0.15, 0.2) is 229 Å². The summed E-state index contributed by atoms with van der Waals surface area (Å²) >= 11 is 0. The van der Waals surface area contributed by atoms with Crippen LogP contribution in [-0.2, 0) is 0 Å². The number of para-hydroxylation sites is 1. The zero-order chi connectivity index (χ0) is 38.4. The topological polar surface area (TPSA) is 16.4 Å². The van der Waals surface area contributed by atoms with Crippen LogP contribution in [0.25, 0.3) is 88.0 Å². The fourth-order valence-corrected chi connectivity index (χ4v) is 8.79. The Hall–Kier alpha value is -7.68. The Morgan fingerprint density at radius 2 is 0.862 bits per heavy atom. The van der Waals surface area contributed by atoms with Crippen LogP contribution in [0.1, 0.15) is 0 Å². The minimum atomic E-state index is 0.861. The molecule has 1 aromatic heterocycles. The average Bonchev–Trinajstić information content (AvgIpc) is 3.70. The summed E-state index contributed by atoms with van der Waals surface area (Å²) in [6.45, 7) is 0. The van der Waals surface area contributed by atoms with E-state index in [1.165, 1.54) is 43.8 Å². The Kier molecular flexibility index (Phi) is 8.19. The van der Waals surface area contributed by atoms with E-state index in [0.29, 0.717) is 0 Å². The first-order valence-corrected chi connectivity index (χ1v) is 19.8. The van der Waals surface area contributed by atoms with Gasteiger partial charge in [-0.15, -0.1) is 0 Å². The lowest BCUT2D eigenvalue weighted by atomic mass is 9.91. The van der Waals surface area contributed by atoms with Crippen molar-refractivity contribution in [3.05, 3.63) is 224 Å². The predicted octanol–water partition coefficient (Wildman–Crippen LogP) is 16.0. The second-order valence-corrected chi connectivity index (χ2v) is 14.8. The molecule has 0 radical (unpaired) electrons. The monoisotopic (exact) mass is 739 g/mol. The lowest BCUT2D eigenvalue weighted by Gasteiger charge is -2.28. The van der Waals surface area contributed by atoms with Gasteiger partial charge in [-0.2, -0.15) is 0 Å². The molecule has 0 saturated carbocycles. The Labute approximate surface area is 337 Å². The quantitative estimate of drug-likeness (QED) is 0.151. The summed E-state index contributed by atoms with van der Waals surface area (Å²) in [6, 6.07) is 80.6. The molecular formula is C56H37NO. The lowest BCUT2D eigenvalue weighted by molar-refractivity contribution is 0.670. The van der Waals surface area contributed by atoms with E-state index in [1.807, 2.05) is 0 Å². The SMILES string of the molecule is c1ccc(-c2cccc(N(c3cccc(-c4ccccc4-c4ccccc4)c3)c3ccc(-c4cc5ccccc5c5ccccc45)c4oc5ccccc5c34)c2)cc1. The number of benzene rings is 10. The first-order valence-electron chi connectivity index (χ1n) is 19.8. The summed E-state index contributed by atoms with van der Waals surface area (Å²) in [7, 11) is 0. The van der Waals surface area contributed by atoms with Gasteiger partial charge in [0, 0.05) is 22.3 Å². The molecular weight excluding hydrogens is 703 g/mol. The van der Waals surface area contributed by atoms with Gasteiger partial charge >= 0.3 is 0 Å². The minimum Gasteiger partial charge on any atom is -0.455 e. The first kappa shape index (κ1) is 33.6. The van der Waals surface area contributed by atoms with E-state index in [-0.39, 0.29) is 0 Å². The highest BCUT2D eigenvalue weighted by atomic mass is 16.3. The van der Waals surface area contributed by atoms with Gasteiger partial charge in [0.25, 0.3) is 0 Å². The van der Waals surface area contributed by atoms with E-state index < -0.39 is 0 Å². The van der Waals surface area contributed by atoms with Crippen LogP contribution in [0.3, 0.4) is 0 Å². The van der Waals surface area contributed by atoms with Gasteiger partial charge in [-0.25, -0.2) is 0 Å². The van der Waals surface area contributed by atoms with Crippen molar-refractivity contribution in [2.45, 2.75) is 0 Å². The fourth-order valence-electron chi connectivity index (χ4n) is 8.79. The van der Waals surface area contributed by atoms with Crippen molar-refractivity contribution < 1.29 is 4.42 Å². The Bertz CT molecular complexity index is 3290. The summed E-state index contributed by atoms with van der Waals surface area (Å²) < 4.78 is 6.99. The predicted molar refractivity (Wildman–Crippen MR) is 245 cm³/mol. The summed E-state index contributed by atoms with van der Waals surface area (Å²) in [5.74, 6) is 0. The molecule has 272 valence electrons. The molecule has 0 fully saturated rings. The zero-order valence-electron chi connectivity index (χ0n) is 31.7. The summed E-state index contributed by atoms with van der Waals surface area (Å²) in [4.78, 5) is 2.41. The van der Waals surface area contributed by atoms with Gasteiger partial charge in [0.2, 0.25) is 0 Å². The van der Waals surface area contributed by atoms with E-state index in [9.17, 15) is 0 Å². The fraction of sp³-hybridized carbons (Fsp3) is 0. The van der Waals surface area contributed by atoms with Gasteiger partial charge in [0.05, 0.1) is 11.1 Å². The first-order chi connectivity index (χ1) is 28.8. The number of furan rings is 1. The van der Waals surface area contributed by atoms with Gasteiger partial charge in [0.15, 0.2) is 0 Å². The average molecular weight is 740 g/mol. The summed E-state index contributed by atoms with van der Waals surface area (Å²) in [6.07, 6.45) is 0. The maximum absolute atomic E-state index is 6.99. The van der Waals surface area contributed by atoms with Crippen molar-refractivity contribution in [2.75, 3.05) is 4.90 Å². The molecule has 58 heavy (non-hydrogen) atoms. The largest absolute Gasteiger partial charge is 0.455 e. The van der Waals surface area contributed by atoms with Gasteiger partial charge in [-0.3, -0.25) is 0 Å². The molecule has 2 heteroatoms. The molecule has 0 bridgehead atoms. The minimum absolute atomic E-state index is 0.861. The van der Waals surface area contributed by atoms with E-state index in [1.54, 1.807) is 0 Å². The summed E-state index contributed by atoms with van der Waals surface area (Å²) in [5, 5.41) is 7.04. The van der Waals surface area contributed by atoms with E-state index in [0.717, 1.165) is 61.3 Å². The van der Waals surface area contributed by atoms with Gasteiger partial charge in [-0.1, -0.05) is 176 Å². The molecule has 0 spiro atoms. The Morgan fingerprint density at radius 3 is 1.62 bits per heavy atom. The van der Waals surface area contributed by atoms with Crippen LogP contribution in [0.4, 0.5) is 17.1 Å². The normalized spacial score (nSPS) is 11.4. The molecule has 11 aromatic rings. The number of nitrogens with zero attached hydrogens (tertiary/aromatic N) is 1. The standard InChI is InChI=1S/C56H37NO/c1-3-17-38(18-4-1)40-22-15-24-43(35-40)57(44-25-16-23-41(36-44)46-27-10-9-26-45(46)39-19-5-2-6-20-39)53-34-33-50(56-55(53)51-31-13-14-32-54(51)58-56)52-37-42-21-7-8-28-47(42)48-29-11-12-30-49(48)52/h1-37H. The molecule has 0 aliphatic rings. The van der Waals surface area contributed by atoms with E-state index in [4.69, 9.17) is 4.42 Å². The maximum atomic E-state index is 6.99. The van der Waals surface area contributed by atoms with Crippen molar-refractivity contribution in [3.63, 3.8) is 0 Å². The molecule has 0 aliphatic carbocycles. The van der Waals surface area contributed by atoms with Crippen molar-refractivity contribution in [2.24, 2.45) is 0 Å². The molecule has 11 rings (SSSR count). The molecule has 0 N–H and O–H groups in total. The molecule has 0 atom stereocenters. The van der Waals surface area contributed by atoms with Crippen LogP contribution in [0, 0.1) is 0 Å². The number of anilines is 3. The van der Waals surface area contributed by atoms with Crippen LogP contribution in [-0.4, -0.2) is 0 Å². The third-order valence-corrected chi connectivity index (χ3v) is 11.4. The number of fused-ring (bicyclic) bond motifs is 6. The van der Waals surface area contributed by atoms with E-state index >= 15 is 0 Å². The smallest absolute Gasteiger partial charge is 0.145 e. The summed E-state index contributed by atoms with van der Waals surface area (Å²) in [5.41, 5.74) is 14.2. The van der Waals surface area contributed by atoms with Crippen LogP contribution >= 0.6 is 0 Å². The molecule has 0 amide bonds. The highest BCUT2D eigenvalue weighted by molar-refractivity contribution is 6.21. The second-order valence-electron chi connectivity index (χ2n) is 14.8. The van der Waals surface area contributed by atoms with Crippen molar-refractivity contribution in [1.82, 2.24) is 0 Å². The van der Waals surface area contributed by atoms with Crippen LogP contribution in [0.2, 0.25) is 0 Å². The van der Waals surface area contributed by atoms with Crippen molar-refractivity contribution in [3.8, 4) is 44.5 Å². The molecule has 2 nitrogen and oxygen atoms in total. The number of hydrogen-bond donors (Lipinski definition) is 0. The number of rotatable bonds is 7. The Balaban J connectivity index is 1.18. The highest BCUT2D eigenvalue weighted by Gasteiger charge is 2.24. The third kappa shape index (κ3) is 5.74. The molecule has 0 saturated heterocycles. The van der Waals surface area contributed by atoms with Crippen molar-refractivity contribution >= 4 is 60.5 Å². The Morgan fingerprint density at radius 1 is 0.310 bits per heavy atom. The second kappa shape index (κ2) is 14.1. The van der Waals surface area contributed by atoms with Crippen LogP contribution < -0.4 is 4.90 Å². The van der Waals surface area contributed by atoms with Gasteiger partial charge in [0.1, 0.15) is 11.2 Å². The van der Waals surface area contributed by atoms with E-state index in [2.05, 4.69) is 229 Å². The van der Waals surface area contributed by atoms with Gasteiger partial charge < -0.3 is 9.32 Å². The molecule has 1 heterocycles. The van der Waals surface area contributed by atoms with Gasteiger partial charge in [-0.05, 0) is 109 Å². The number of hydrogen-bond acceptors (Lipinski definition) is 2. The lowest BCUT2D eigenvalue weighted by Crippen LogP contribution is -2.11. The third-order valence-electron chi connectivity index (χ3n) is 11.4. The molecule has 10 aromatic carbocycles. The maximum Gasteiger partial charge on any atom is 0.145 e. The molecule has 0 aliphatic heterocycles. The van der Waals surface area contributed by atoms with Crippen LogP contribution in [0.5, 0.6) is 0 Å².